The third kappa shape index (κ3) is 6.24. The van der Waals surface area contributed by atoms with E-state index in [0.29, 0.717) is 23.7 Å². The lowest BCUT2D eigenvalue weighted by atomic mass is 10.1. The Labute approximate surface area is 127 Å². The summed E-state index contributed by atoms with van der Waals surface area (Å²) in [5.74, 6) is -0.253. The zero-order valence-electron chi connectivity index (χ0n) is 13.3. The predicted molar refractivity (Wildman–Crippen MR) is 84.4 cm³/mol. The quantitative estimate of drug-likeness (QED) is 0.759. The lowest BCUT2D eigenvalue weighted by Crippen LogP contribution is -2.29. The van der Waals surface area contributed by atoms with Gasteiger partial charge >= 0.3 is 0 Å². The van der Waals surface area contributed by atoms with Crippen molar-refractivity contribution in [2.45, 2.75) is 46.2 Å². The molecule has 0 aromatic heterocycles. The highest BCUT2D eigenvalue weighted by atomic mass is 19.1. The van der Waals surface area contributed by atoms with E-state index in [9.17, 15) is 4.39 Å². The minimum atomic E-state index is -0.253. The summed E-state index contributed by atoms with van der Waals surface area (Å²) in [5, 5.41) is 12.2. The molecule has 0 fully saturated rings. The Morgan fingerprint density at radius 3 is 2.67 bits per heavy atom. The fourth-order valence-corrected chi connectivity index (χ4v) is 2.33. The Kier molecular flexibility index (Phi) is 7.96. The summed E-state index contributed by atoms with van der Waals surface area (Å²) < 4.78 is 13.6. The first-order valence-electron chi connectivity index (χ1n) is 7.74. The van der Waals surface area contributed by atoms with E-state index in [4.69, 9.17) is 5.26 Å². The average molecular weight is 291 g/mol. The Bertz CT molecular complexity index is 464. The van der Waals surface area contributed by atoms with Gasteiger partial charge in [-0.1, -0.05) is 13.8 Å². The lowest BCUT2D eigenvalue weighted by molar-refractivity contribution is 0.290. The molecule has 1 aromatic rings. The largest absolute Gasteiger partial charge is 0.310 e. The number of hydrogen-bond donors (Lipinski definition) is 1. The molecule has 0 aliphatic carbocycles. The van der Waals surface area contributed by atoms with Crippen molar-refractivity contribution < 1.29 is 4.39 Å². The monoisotopic (exact) mass is 291 g/mol. The zero-order valence-corrected chi connectivity index (χ0v) is 13.3. The third-order valence-corrected chi connectivity index (χ3v) is 3.82. The molecule has 1 unspecified atom stereocenters. The van der Waals surface area contributed by atoms with Gasteiger partial charge < -0.3 is 10.2 Å². The normalized spacial score (nSPS) is 12.4. The number of rotatable bonds is 9. The van der Waals surface area contributed by atoms with Crippen molar-refractivity contribution in [2.24, 2.45) is 0 Å². The first-order valence-corrected chi connectivity index (χ1v) is 7.74. The molecule has 116 valence electrons. The number of nitriles is 1. The molecule has 0 radical (unpaired) electrons. The highest BCUT2D eigenvalue weighted by molar-refractivity contribution is 5.33. The molecule has 0 aliphatic heterocycles. The van der Waals surface area contributed by atoms with Crippen LogP contribution in [0.4, 0.5) is 4.39 Å². The molecule has 0 heterocycles. The lowest BCUT2D eigenvalue weighted by Gasteiger charge is -2.20. The van der Waals surface area contributed by atoms with Crippen molar-refractivity contribution >= 4 is 0 Å². The second kappa shape index (κ2) is 9.49. The molecular weight excluding hydrogens is 265 g/mol. The van der Waals surface area contributed by atoms with E-state index in [1.807, 2.05) is 6.07 Å². The molecule has 1 aromatic carbocycles. The summed E-state index contributed by atoms with van der Waals surface area (Å²) in [7, 11) is 0. The molecule has 1 N–H and O–H groups in total. The highest BCUT2D eigenvalue weighted by Gasteiger charge is 2.07. The van der Waals surface area contributed by atoms with Gasteiger partial charge in [-0.2, -0.15) is 5.26 Å². The van der Waals surface area contributed by atoms with Crippen molar-refractivity contribution in [3.8, 4) is 6.07 Å². The van der Waals surface area contributed by atoms with E-state index in [-0.39, 0.29) is 5.82 Å². The molecule has 1 atom stereocenters. The summed E-state index contributed by atoms with van der Waals surface area (Å²) >= 11 is 0. The van der Waals surface area contributed by atoms with Gasteiger partial charge in [0.2, 0.25) is 0 Å². The van der Waals surface area contributed by atoms with E-state index >= 15 is 0 Å². The van der Waals surface area contributed by atoms with Gasteiger partial charge in [0.05, 0.1) is 11.6 Å². The van der Waals surface area contributed by atoms with Gasteiger partial charge in [-0.15, -0.1) is 0 Å². The molecule has 0 amide bonds. The molecule has 3 nitrogen and oxygen atoms in total. The molecule has 21 heavy (non-hydrogen) atoms. The van der Waals surface area contributed by atoms with Crippen LogP contribution >= 0.6 is 0 Å². The van der Waals surface area contributed by atoms with Crippen LogP contribution in [0.15, 0.2) is 18.2 Å². The second-order valence-corrected chi connectivity index (χ2v) is 5.37. The van der Waals surface area contributed by atoms with Crippen molar-refractivity contribution in [1.82, 2.24) is 10.2 Å². The summed E-state index contributed by atoms with van der Waals surface area (Å²) in [4.78, 5) is 2.41. The Hall–Kier alpha value is -1.44. The zero-order chi connectivity index (χ0) is 15.7. The van der Waals surface area contributed by atoms with E-state index in [0.717, 1.165) is 32.5 Å². The highest BCUT2D eigenvalue weighted by Crippen LogP contribution is 2.10. The van der Waals surface area contributed by atoms with Gasteiger partial charge in [-0.05, 0) is 57.6 Å². The van der Waals surface area contributed by atoms with Crippen LogP contribution in [0.5, 0.6) is 0 Å². The second-order valence-electron chi connectivity index (χ2n) is 5.37. The number of nitrogens with one attached hydrogen (secondary N) is 1. The standard InChI is InChI=1S/C17H26FN3/c1-4-21(5-2)10-6-7-14(3)20-13-16-11-15(12-19)8-9-17(16)18/h8-9,11,14,20H,4-7,10,13H2,1-3H3. The van der Waals surface area contributed by atoms with Crippen LogP contribution < -0.4 is 5.32 Å². The average Bonchev–Trinajstić information content (AvgIpc) is 2.50. The minimum absolute atomic E-state index is 0.253. The van der Waals surface area contributed by atoms with Gasteiger partial charge in [-0.3, -0.25) is 0 Å². The maximum atomic E-state index is 13.6. The minimum Gasteiger partial charge on any atom is -0.310 e. The molecular formula is C17H26FN3. The summed E-state index contributed by atoms with van der Waals surface area (Å²) in [6, 6.07) is 6.86. The van der Waals surface area contributed by atoms with Gasteiger partial charge in [0.1, 0.15) is 5.82 Å². The van der Waals surface area contributed by atoms with Crippen LogP contribution in [0.25, 0.3) is 0 Å². The first-order chi connectivity index (χ1) is 10.1. The van der Waals surface area contributed by atoms with Crippen molar-refractivity contribution in [3.05, 3.63) is 35.1 Å². The van der Waals surface area contributed by atoms with Crippen LogP contribution in [0.1, 0.15) is 44.7 Å². The maximum absolute atomic E-state index is 13.6. The van der Waals surface area contributed by atoms with Crippen LogP contribution in [-0.2, 0) is 6.54 Å². The Morgan fingerprint density at radius 2 is 2.05 bits per heavy atom. The number of benzene rings is 1. The Balaban J connectivity index is 2.36. The van der Waals surface area contributed by atoms with Crippen LogP contribution in [-0.4, -0.2) is 30.6 Å². The smallest absolute Gasteiger partial charge is 0.127 e. The molecule has 0 bridgehead atoms. The number of halogens is 1. The maximum Gasteiger partial charge on any atom is 0.127 e. The van der Waals surface area contributed by atoms with Crippen molar-refractivity contribution in [1.29, 1.82) is 5.26 Å². The van der Waals surface area contributed by atoms with Crippen LogP contribution in [0, 0.1) is 17.1 Å². The van der Waals surface area contributed by atoms with Crippen molar-refractivity contribution in [2.75, 3.05) is 19.6 Å². The van der Waals surface area contributed by atoms with E-state index in [1.54, 1.807) is 6.07 Å². The topological polar surface area (TPSA) is 39.1 Å². The van der Waals surface area contributed by atoms with Gasteiger partial charge in [0, 0.05) is 18.2 Å². The van der Waals surface area contributed by atoms with E-state index in [2.05, 4.69) is 31.0 Å². The van der Waals surface area contributed by atoms with Gasteiger partial charge in [-0.25, -0.2) is 4.39 Å². The molecule has 1 rings (SSSR count). The summed E-state index contributed by atoms with van der Waals surface area (Å²) in [5.41, 5.74) is 1.06. The van der Waals surface area contributed by atoms with E-state index in [1.165, 1.54) is 12.1 Å². The number of nitrogens with zero attached hydrogens (tertiary/aromatic N) is 2. The molecule has 0 saturated carbocycles. The van der Waals surface area contributed by atoms with Crippen LogP contribution in [0.3, 0.4) is 0 Å². The third-order valence-electron chi connectivity index (χ3n) is 3.82. The van der Waals surface area contributed by atoms with Gasteiger partial charge in [0.25, 0.3) is 0 Å². The van der Waals surface area contributed by atoms with Gasteiger partial charge in [0.15, 0.2) is 0 Å². The summed E-state index contributed by atoms with van der Waals surface area (Å²) in [6.07, 6.45) is 2.20. The molecule has 0 spiro atoms. The first kappa shape index (κ1) is 17.6. The molecule has 0 saturated heterocycles. The predicted octanol–water partition coefficient (Wildman–Crippen LogP) is 3.30. The molecule has 0 aliphatic rings. The fraction of sp³-hybridized carbons (Fsp3) is 0.588. The fourth-order valence-electron chi connectivity index (χ4n) is 2.33. The molecule has 4 heteroatoms. The Morgan fingerprint density at radius 1 is 1.33 bits per heavy atom. The SMILES string of the molecule is CCN(CC)CCCC(C)NCc1cc(C#N)ccc1F. The van der Waals surface area contributed by atoms with E-state index < -0.39 is 0 Å². The number of hydrogen-bond acceptors (Lipinski definition) is 3. The van der Waals surface area contributed by atoms with Crippen molar-refractivity contribution in [3.63, 3.8) is 0 Å². The summed E-state index contributed by atoms with van der Waals surface area (Å²) in [6.45, 7) is 10.2. The van der Waals surface area contributed by atoms with Crippen LogP contribution in [0.2, 0.25) is 0 Å².